The third-order valence-electron chi connectivity index (χ3n) is 11.1. The lowest BCUT2D eigenvalue weighted by Crippen LogP contribution is -1.96. The molecule has 0 saturated heterocycles. The highest BCUT2D eigenvalue weighted by molar-refractivity contribution is 6.28. The summed E-state index contributed by atoms with van der Waals surface area (Å²) in [4.78, 5) is 14.9. The van der Waals surface area contributed by atoms with E-state index in [4.69, 9.17) is 9.97 Å². The topological polar surface area (TPSA) is 38.7 Å². The van der Waals surface area contributed by atoms with E-state index in [9.17, 15) is 0 Å². The van der Waals surface area contributed by atoms with E-state index in [0.29, 0.717) is 5.82 Å². The molecule has 0 fully saturated rings. The van der Waals surface area contributed by atoms with E-state index in [1.54, 1.807) is 0 Å². The van der Waals surface area contributed by atoms with Crippen LogP contribution in [0.5, 0.6) is 0 Å². The molecule has 11 rings (SSSR count). The Morgan fingerprint density at radius 1 is 0.286 bits per heavy atom. The minimum Gasteiger partial charge on any atom is -0.256 e. The van der Waals surface area contributed by atoms with Crippen LogP contribution in [0, 0.1) is 0 Å². The average Bonchev–Trinajstić information content (AvgIpc) is 3.28. The van der Waals surface area contributed by atoms with E-state index < -0.39 is 0 Å². The van der Waals surface area contributed by atoms with Crippen molar-refractivity contribution in [2.24, 2.45) is 0 Å². The van der Waals surface area contributed by atoms with E-state index in [0.717, 1.165) is 44.9 Å². The smallest absolute Gasteiger partial charge is 0.160 e. The number of benzene rings is 9. The Hall–Kier alpha value is -7.49. The lowest BCUT2D eigenvalue weighted by molar-refractivity contribution is 1.18. The van der Waals surface area contributed by atoms with Crippen molar-refractivity contribution in [1.29, 1.82) is 0 Å². The van der Waals surface area contributed by atoms with Crippen molar-refractivity contribution in [3.8, 4) is 67.4 Å². The van der Waals surface area contributed by atoms with Crippen molar-refractivity contribution in [2.45, 2.75) is 0 Å². The molecule has 0 amide bonds. The molecule has 0 aliphatic carbocycles. The molecule has 0 aliphatic rings. The summed E-state index contributed by atoms with van der Waals surface area (Å²) in [6.07, 6.45) is 1.83. The number of nitrogens with zero attached hydrogens (tertiary/aromatic N) is 3. The molecule has 0 N–H and O–H groups in total. The lowest BCUT2D eigenvalue weighted by Gasteiger charge is -2.17. The van der Waals surface area contributed by atoms with Crippen LogP contribution in [0.2, 0.25) is 0 Å². The van der Waals surface area contributed by atoms with Crippen molar-refractivity contribution in [1.82, 2.24) is 15.0 Å². The third kappa shape index (κ3) is 5.40. The molecule has 2 aromatic heterocycles. The van der Waals surface area contributed by atoms with Gasteiger partial charge in [-0.2, -0.15) is 0 Å². The molecule has 3 heteroatoms. The first kappa shape index (κ1) is 32.0. The Morgan fingerprint density at radius 3 is 1.59 bits per heavy atom. The first-order valence-electron chi connectivity index (χ1n) is 19.0. The molecule has 0 spiro atoms. The molecule has 56 heavy (non-hydrogen) atoms. The Morgan fingerprint density at radius 2 is 0.839 bits per heavy atom. The number of pyridine rings is 1. The summed E-state index contributed by atoms with van der Waals surface area (Å²) in [6.45, 7) is 0. The van der Waals surface area contributed by atoms with Crippen LogP contribution in [-0.4, -0.2) is 15.0 Å². The van der Waals surface area contributed by atoms with E-state index >= 15 is 0 Å². The molecule has 0 saturated carbocycles. The van der Waals surface area contributed by atoms with Crippen molar-refractivity contribution in [3.63, 3.8) is 0 Å². The molecule has 0 radical (unpaired) electrons. The van der Waals surface area contributed by atoms with Gasteiger partial charge in [-0.1, -0.05) is 170 Å². The van der Waals surface area contributed by atoms with Crippen molar-refractivity contribution in [3.05, 3.63) is 200 Å². The Labute approximate surface area is 324 Å². The first-order chi connectivity index (χ1) is 27.7. The van der Waals surface area contributed by atoms with E-state index in [-0.39, 0.29) is 0 Å². The van der Waals surface area contributed by atoms with Crippen LogP contribution in [0.1, 0.15) is 0 Å². The second-order valence-electron chi connectivity index (χ2n) is 14.4. The maximum atomic E-state index is 5.20. The maximum Gasteiger partial charge on any atom is 0.160 e. The summed E-state index contributed by atoms with van der Waals surface area (Å²) in [5, 5.41) is 10.1. The first-order valence-corrected chi connectivity index (χ1v) is 19.0. The van der Waals surface area contributed by atoms with Crippen LogP contribution < -0.4 is 0 Å². The van der Waals surface area contributed by atoms with Gasteiger partial charge in [0.05, 0.1) is 17.1 Å². The van der Waals surface area contributed by atoms with Gasteiger partial charge in [0.1, 0.15) is 0 Å². The number of fused-ring (bicyclic) bond motifs is 1. The van der Waals surface area contributed by atoms with Gasteiger partial charge in [-0.15, -0.1) is 0 Å². The minimum atomic E-state index is 0.689. The van der Waals surface area contributed by atoms with Crippen molar-refractivity contribution >= 4 is 43.1 Å². The molecule has 0 atom stereocenters. The Balaban J connectivity index is 1.05. The normalized spacial score (nSPS) is 11.6. The number of hydrogen-bond acceptors (Lipinski definition) is 3. The minimum absolute atomic E-state index is 0.689. The van der Waals surface area contributed by atoms with Gasteiger partial charge in [0.2, 0.25) is 0 Å². The number of aromatic nitrogens is 3. The molecule has 0 bridgehead atoms. The molecule has 0 aliphatic heterocycles. The molecule has 3 nitrogen and oxygen atoms in total. The van der Waals surface area contributed by atoms with Crippen LogP contribution >= 0.6 is 0 Å². The summed E-state index contributed by atoms with van der Waals surface area (Å²) < 4.78 is 0. The Bertz CT molecular complexity index is 3220. The molecular formula is C53H33N3. The van der Waals surface area contributed by atoms with Crippen molar-refractivity contribution < 1.29 is 0 Å². The van der Waals surface area contributed by atoms with Crippen LogP contribution in [-0.2, 0) is 0 Å². The van der Waals surface area contributed by atoms with Crippen LogP contribution in [0.3, 0.4) is 0 Å². The highest BCUT2D eigenvalue weighted by Crippen LogP contribution is 2.44. The summed E-state index contributed by atoms with van der Waals surface area (Å²) in [6, 6.07) is 69.1. The molecule has 9 aromatic carbocycles. The second-order valence-corrected chi connectivity index (χ2v) is 14.4. The lowest BCUT2D eigenvalue weighted by atomic mass is 9.86. The fourth-order valence-corrected chi connectivity index (χ4v) is 8.40. The standard InChI is InChI=1S/C53H33N3/c1-2-11-35(12-3-1)49-33-50(37-21-19-36(20-22-37)48-18-6-7-31-54-48)56-53(55-49)41-15-8-14-40(32-41)43-27-23-38-26-30-47-45(28-24-39-25-29-46(43)51(38)52(39)47)44-17-9-13-34-10-4-5-16-42(34)44/h1-33H. The molecule has 2 heterocycles. The number of rotatable bonds is 6. The summed E-state index contributed by atoms with van der Waals surface area (Å²) in [5.74, 6) is 0.689. The fraction of sp³-hybridized carbons (Fsp3) is 0. The SMILES string of the molecule is c1ccc(-c2cc(-c3ccc(-c4ccccn4)cc3)nc(-c3cccc(-c4ccc5ccc6c(-c7cccc8ccccc78)ccc7ccc4c5c76)c3)n2)cc1. The van der Waals surface area contributed by atoms with Gasteiger partial charge in [0, 0.05) is 28.5 Å². The van der Waals surface area contributed by atoms with Gasteiger partial charge in [0.15, 0.2) is 5.82 Å². The predicted octanol–water partition coefficient (Wildman–Crippen LogP) is 13.9. The highest BCUT2D eigenvalue weighted by Gasteiger charge is 2.17. The van der Waals surface area contributed by atoms with Gasteiger partial charge in [-0.3, -0.25) is 4.98 Å². The number of hydrogen-bond donors (Lipinski definition) is 0. The van der Waals surface area contributed by atoms with Crippen molar-refractivity contribution in [2.75, 3.05) is 0 Å². The second kappa shape index (κ2) is 13.1. The highest BCUT2D eigenvalue weighted by atomic mass is 14.9. The van der Waals surface area contributed by atoms with Gasteiger partial charge in [0.25, 0.3) is 0 Å². The molecule has 11 aromatic rings. The van der Waals surface area contributed by atoms with Gasteiger partial charge in [-0.25, -0.2) is 9.97 Å². The summed E-state index contributed by atoms with van der Waals surface area (Å²) in [5.41, 5.74) is 11.6. The summed E-state index contributed by atoms with van der Waals surface area (Å²) in [7, 11) is 0. The van der Waals surface area contributed by atoms with E-state index in [2.05, 4.69) is 175 Å². The van der Waals surface area contributed by atoms with Gasteiger partial charge < -0.3 is 0 Å². The predicted molar refractivity (Wildman–Crippen MR) is 234 cm³/mol. The summed E-state index contributed by atoms with van der Waals surface area (Å²) >= 11 is 0. The van der Waals surface area contributed by atoms with E-state index in [1.165, 1.54) is 59.8 Å². The average molecular weight is 712 g/mol. The molecule has 260 valence electrons. The Kier molecular flexibility index (Phi) is 7.49. The van der Waals surface area contributed by atoms with Crippen LogP contribution in [0.4, 0.5) is 0 Å². The zero-order valence-corrected chi connectivity index (χ0v) is 30.4. The van der Waals surface area contributed by atoms with Gasteiger partial charge >= 0.3 is 0 Å². The fourth-order valence-electron chi connectivity index (χ4n) is 8.40. The zero-order valence-electron chi connectivity index (χ0n) is 30.4. The zero-order chi connectivity index (χ0) is 37.0. The van der Waals surface area contributed by atoms with Crippen LogP contribution in [0.15, 0.2) is 200 Å². The maximum absolute atomic E-state index is 5.20. The monoisotopic (exact) mass is 711 g/mol. The molecular weight excluding hydrogens is 679 g/mol. The largest absolute Gasteiger partial charge is 0.256 e. The third-order valence-corrected chi connectivity index (χ3v) is 11.1. The van der Waals surface area contributed by atoms with Crippen LogP contribution in [0.25, 0.3) is 111 Å². The molecule has 0 unspecified atom stereocenters. The van der Waals surface area contributed by atoms with E-state index in [1.807, 2.05) is 30.5 Å². The quantitative estimate of drug-likeness (QED) is 0.161. The van der Waals surface area contributed by atoms with Gasteiger partial charge in [-0.05, 0) is 89.6 Å².